The molecule has 4 heterocycles. The monoisotopic (exact) mass is 590 g/mol. The molecular weight excluding hydrogens is 559 g/mol. The summed E-state index contributed by atoms with van der Waals surface area (Å²) in [6.07, 6.45) is 3.27. The molecule has 0 amide bonds. The number of imidazole rings is 1. The summed E-state index contributed by atoms with van der Waals surface area (Å²) >= 11 is 5.87. The first-order valence-electron chi connectivity index (χ1n) is 14.4. The molecule has 0 bridgehead atoms. The Kier molecular flexibility index (Phi) is 7.12. The minimum absolute atomic E-state index is 0.0523. The van der Waals surface area contributed by atoms with E-state index in [1.807, 2.05) is 24.3 Å². The average Bonchev–Trinajstić information content (AvgIpc) is 3.62. The SMILES string of the molecule is COC(=O)c1ccc2nc(CN3CCC4(c5cccc(OCc6ccc(Cl)cc6F)n5)CC4C3)n(C[C@@H]3CCO3)c2c1. The van der Waals surface area contributed by atoms with Crippen molar-refractivity contribution in [1.29, 1.82) is 0 Å². The molecular formula is C32H32ClFN4O4. The largest absolute Gasteiger partial charge is 0.473 e. The normalized spacial score (nSPS) is 23.3. The molecule has 42 heavy (non-hydrogen) atoms. The minimum atomic E-state index is -0.385. The van der Waals surface area contributed by atoms with Crippen LogP contribution in [0.15, 0.2) is 54.6 Å². The van der Waals surface area contributed by atoms with Gasteiger partial charge in [0.2, 0.25) is 5.88 Å². The molecule has 2 aliphatic heterocycles. The third-order valence-corrected chi connectivity index (χ3v) is 9.24. The maximum Gasteiger partial charge on any atom is 0.337 e. The second-order valence-electron chi connectivity index (χ2n) is 11.5. The standard InChI is InChI=1S/C32H32ClFN4O4/c1-40-31(39)20-6-8-26-27(13-20)38(17-24-9-12-41-24)29(35-26)18-37-11-10-32(15-22(32)16-37)28-3-2-4-30(36-28)42-19-21-5-7-23(33)14-25(21)34/h2-8,13-14,22,24H,9-12,15-19H2,1H3/t22?,24-,32?/m0/s1. The van der Waals surface area contributed by atoms with Crippen LogP contribution in [0.1, 0.15) is 46.7 Å². The molecule has 2 saturated heterocycles. The lowest BCUT2D eigenvalue weighted by Crippen LogP contribution is -2.37. The molecule has 1 saturated carbocycles. The first-order chi connectivity index (χ1) is 20.4. The summed E-state index contributed by atoms with van der Waals surface area (Å²) in [5, 5.41) is 0.360. The Morgan fingerprint density at radius 1 is 1.19 bits per heavy atom. The van der Waals surface area contributed by atoms with Crippen molar-refractivity contribution in [2.75, 3.05) is 26.8 Å². The Labute approximate surface area is 248 Å². The maximum absolute atomic E-state index is 14.2. The number of methoxy groups -OCH3 is 1. The lowest BCUT2D eigenvalue weighted by Gasteiger charge is -2.32. The molecule has 0 N–H and O–H groups in total. The molecule has 2 aromatic heterocycles. The fourth-order valence-corrected chi connectivity index (χ4v) is 6.57. The van der Waals surface area contributed by atoms with E-state index in [9.17, 15) is 9.18 Å². The number of piperidine rings is 1. The van der Waals surface area contributed by atoms with Crippen LogP contribution in [-0.4, -0.2) is 58.3 Å². The smallest absolute Gasteiger partial charge is 0.337 e. The molecule has 0 radical (unpaired) electrons. The van der Waals surface area contributed by atoms with Gasteiger partial charge < -0.3 is 18.8 Å². The highest BCUT2D eigenvalue weighted by Gasteiger charge is 2.58. The summed E-state index contributed by atoms with van der Waals surface area (Å²) in [4.78, 5) is 24.5. The van der Waals surface area contributed by atoms with E-state index in [4.69, 9.17) is 35.8 Å². The number of halogens is 2. The van der Waals surface area contributed by atoms with E-state index in [1.165, 1.54) is 13.2 Å². The van der Waals surface area contributed by atoms with Crippen LogP contribution < -0.4 is 4.74 Å². The third kappa shape index (κ3) is 5.14. The fourth-order valence-electron chi connectivity index (χ4n) is 6.41. The number of benzene rings is 2. The van der Waals surface area contributed by atoms with Crippen LogP contribution in [0, 0.1) is 11.7 Å². The molecule has 1 aliphatic carbocycles. The van der Waals surface area contributed by atoms with Crippen LogP contribution >= 0.6 is 11.6 Å². The number of ether oxygens (including phenoxy) is 3. The average molecular weight is 591 g/mol. The summed E-state index contributed by atoms with van der Waals surface area (Å²) in [6.45, 7) is 4.21. The number of carbonyl (C=O) groups excluding carboxylic acids is 1. The van der Waals surface area contributed by atoms with Crippen molar-refractivity contribution in [2.45, 2.75) is 50.5 Å². The zero-order valence-corrected chi connectivity index (χ0v) is 24.1. The van der Waals surface area contributed by atoms with Crippen molar-refractivity contribution < 1.29 is 23.4 Å². The zero-order valence-electron chi connectivity index (χ0n) is 23.4. The second-order valence-corrected chi connectivity index (χ2v) is 12.0. The molecule has 8 nitrogen and oxygen atoms in total. The van der Waals surface area contributed by atoms with E-state index in [2.05, 4.69) is 15.5 Å². The van der Waals surface area contributed by atoms with E-state index >= 15 is 0 Å². The van der Waals surface area contributed by atoms with Gasteiger partial charge in [0, 0.05) is 35.2 Å². The van der Waals surface area contributed by atoms with Crippen LogP contribution in [0.25, 0.3) is 11.0 Å². The molecule has 2 aromatic carbocycles. The van der Waals surface area contributed by atoms with E-state index < -0.39 is 0 Å². The van der Waals surface area contributed by atoms with Gasteiger partial charge in [-0.1, -0.05) is 23.7 Å². The van der Waals surface area contributed by atoms with Gasteiger partial charge in [0.05, 0.1) is 48.6 Å². The Bertz CT molecular complexity index is 1660. The van der Waals surface area contributed by atoms with Gasteiger partial charge in [-0.25, -0.2) is 19.2 Å². The number of carbonyl (C=O) groups is 1. The Hall–Kier alpha value is -3.53. The quantitative estimate of drug-likeness (QED) is 0.237. The first kappa shape index (κ1) is 27.3. The number of hydrogen-bond donors (Lipinski definition) is 0. The molecule has 3 aliphatic rings. The van der Waals surface area contributed by atoms with Crippen molar-refractivity contribution in [2.24, 2.45) is 5.92 Å². The van der Waals surface area contributed by atoms with Gasteiger partial charge in [-0.05, 0) is 68.1 Å². The van der Waals surface area contributed by atoms with Gasteiger partial charge in [0.15, 0.2) is 0 Å². The molecule has 218 valence electrons. The van der Waals surface area contributed by atoms with Gasteiger partial charge >= 0.3 is 5.97 Å². The highest BCUT2D eigenvalue weighted by atomic mass is 35.5. The number of rotatable bonds is 9. The highest BCUT2D eigenvalue weighted by Crippen LogP contribution is 2.59. The molecule has 2 unspecified atom stereocenters. The van der Waals surface area contributed by atoms with Crippen LogP contribution in [0.2, 0.25) is 5.02 Å². The lowest BCUT2D eigenvalue weighted by atomic mass is 9.91. The van der Waals surface area contributed by atoms with E-state index in [0.29, 0.717) is 34.5 Å². The molecule has 3 fully saturated rings. The zero-order chi connectivity index (χ0) is 28.8. The number of esters is 1. The molecule has 4 aromatic rings. The number of pyridine rings is 1. The van der Waals surface area contributed by atoms with E-state index in [0.717, 1.165) is 68.1 Å². The van der Waals surface area contributed by atoms with Crippen LogP contribution in [0.3, 0.4) is 0 Å². The Morgan fingerprint density at radius 2 is 2.07 bits per heavy atom. The summed E-state index contributed by atoms with van der Waals surface area (Å²) < 4.78 is 33.0. The van der Waals surface area contributed by atoms with Crippen LogP contribution in [0.4, 0.5) is 4.39 Å². The van der Waals surface area contributed by atoms with Crippen molar-refractivity contribution in [3.63, 3.8) is 0 Å². The maximum atomic E-state index is 14.2. The van der Waals surface area contributed by atoms with Gasteiger partial charge in [0.1, 0.15) is 18.2 Å². The van der Waals surface area contributed by atoms with Crippen LogP contribution in [-0.2, 0) is 34.6 Å². The fraction of sp³-hybridized carbons (Fsp3) is 0.406. The number of likely N-dealkylation sites (tertiary alicyclic amines) is 1. The Balaban J connectivity index is 1.05. The van der Waals surface area contributed by atoms with Crippen molar-refractivity contribution in [3.05, 3.63) is 88.1 Å². The summed E-state index contributed by atoms with van der Waals surface area (Å²) in [5.74, 6) is 1.25. The summed E-state index contributed by atoms with van der Waals surface area (Å²) in [5.41, 5.74) is 3.86. The lowest BCUT2D eigenvalue weighted by molar-refractivity contribution is -0.0592. The predicted molar refractivity (Wildman–Crippen MR) is 155 cm³/mol. The van der Waals surface area contributed by atoms with Gasteiger partial charge in [-0.2, -0.15) is 0 Å². The number of hydrogen-bond acceptors (Lipinski definition) is 7. The summed E-state index contributed by atoms with van der Waals surface area (Å²) in [6, 6.07) is 16.0. The molecule has 7 rings (SSSR count). The minimum Gasteiger partial charge on any atom is -0.473 e. The molecule has 3 atom stereocenters. The molecule has 0 spiro atoms. The number of nitrogens with zero attached hydrogens (tertiary/aromatic N) is 4. The van der Waals surface area contributed by atoms with Crippen LogP contribution in [0.5, 0.6) is 5.88 Å². The van der Waals surface area contributed by atoms with Gasteiger partial charge in [0.25, 0.3) is 0 Å². The van der Waals surface area contributed by atoms with Crippen molar-refractivity contribution in [3.8, 4) is 5.88 Å². The number of aromatic nitrogens is 3. The first-order valence-corrected chi connectivity index (χ1v) is 14.8. The second kappa shape index (κ2) is 10.9. The summed E-state index contributed by atoms with van der Waals surface area (Å²) in [7, 11) is 1.40. The van der Waals surface area contributed by atoms with Crippen molar-refractivity contribution in [1.82, 2.24) is 19.4 Å². The Morgan fingerprint density at radius 3 is 2.83 bits per heavy atom. The predicted octanol–water partition coefficient (Wildman–Crippen LogP) is 5.54. The third-order valence-electron chi connectivity index (χ3n) is 9.00. The van der Waals surface area contributed by atoms with E-state index in [-0.39, 0.29) is 29.9 Å². The van der Waals surface area contributed by atoms with Crippen molar-refractivity contribution >= 4 is 28.6 Å². The topological polar surface area (TPSA) is 78.7 Å². The number of fused-ring (bicyclic) bond motifs is 2. The van der Waals surface area contributed by atoms with Gasteiger partial charge in [-0.15, -0.1) is 0 Å². The van der Waals surface area contributed by atoms with Gasteiger partial charge in [-0.3, -0.25) is 4.90 Å². The van der Waals surface area contributed by atoms with E-state index in [1.54, 1.807) is 18.2 Å². The molecule has 10 heteroatoms. The highest BCUT2D eigenvalue weighted by molar-refractivity contribution is 6.30.